The van der Waals surface area contributed by atoms with E-state index in [4.69, 9.17) is 4.74 Å². The third-order valence-electron chi connectivity index (χ3n) is 3.15. The number of nitrogens with one attached hydrogen (secondary N) is 2. The molecular formula is C19H19N3O3. The van der Waals surface area contributed by atoms with Crippen LogP contribution in [0.2, 0.25) is 0 Å². The minimum Gasteiger partial charge on any atom is -0.445 e. The molecule has 2 aromatic rings. The summed E-state index contributed by atoms with van der Waals surface area (Å²) in [6.07, 6.45) is -0.519. The molecule has 0 bridgehead atoms. The molecule has 0 radical (unpaired) electrons. The monoisotopic (exact) mass is 337 g/mol. The normalized spacial score (nSPS) is 9.52. The highest BCUT2D eigenvalue weighted by molar-refractivity contribution is 5.87. The van der Waals surface area contributed by atoms with Crippen LogP contribution in [0.3, 0.4) is 0 Å². The highest BCUT2D eigenvalue weighted by Gasteiger charge is 2.02. The van der Waals surface area contributed by atoms with Gasteiger partial charge < -0.3 is 15.4 Å². The van der Waals surface area contributed by atoms with Crippen LogP contribution in [0.15, 0.2) is 42.5 Å². The summed E-state index contributed by atoms with van der Waals surface area (Å²) in [4.78, 5) is 26.8. The Labute approximate surface area is 146 Å². The molecule has 0 aliphatic heterocycles. The van der Waals surface area contributed by atoms with Crippen molar-refractivity contribution in [2.45, 2.75) is 20.5 Å². The van der Waals surface area contributed by atoms with E-state index in [9.17, 15) is 9.59 Å². The predicted octanol–water partition coefficient (Wildman–Crippen LogP) is 2.63. The van der Waals surface area contributed by atoms with Crippen molar-refractivity contribution in [3.05, 3.63) is 59.3 Å². The Morgan fingerprint density at radius 2 is 1.92 bits per heavy atom. The minimum atomic E-state index is -0.519. The second-order valence-corrected chi connectivity index (χ2v) is 5.23. The van der Waals surface area contributed by atoms with Crippen LogP contribution in [0.4, 0.5) is 10.6 Å². The summed E-state index contributed by atoms with van der Waals surface area (Å²) in [5, 5.41) is 5.18. The summed E-state index contributed by atoms with van der Waals surface area (Å²) >= 11 is 0. The maximum atomic E-state index is 11.6. The summed E-state index contributed by atoms with van der Waals surface area (Å²) in [5.41, 5.74) is 2.35. The Bertz CT molecular complexity index is 808. The van der Waals surface area contributed by atoms with E-state index < -0.39 is 6.09 Å². The predicted molar refractivity (Wildman–Crippen MR) is 94.8 cm³/mol. The lowest BCUT2D eigenvalue weighted by molar-refractivity contribution is -0.114. The quantitative estimate of drug-likeness (QED) is 0.841. The van der Waals surface area contributed by atoms with E-state index in [1.54, 1.807) is 19.1 Å². The van der Waals surface area contributed by atoms with Gasteiger partial charge in [0.2, 0.25) is 5.91 Å². The van der Waals surface area contributed by atoms with Gasteiger partial charge in [0.05, 0.1) is 12.2 Å². The summed E-state index contributed by atoms with van der Waals surface area (Å²) in [6.45, 7) is 3.61. The molecular weight excluding hydrogens is 318 g/mol. The Morgan fingerprint density at radius 3 is 2.60 bits per heavy atom. The number of carbonyl (C=O) groups is 2. The van der Waals surface area contributed by atoms with Gasteiger partial charge in [0, 0.05) is 12.5 Å². The number of aromatic nitrogens is 1. The van der Waals surface area contributed by atoms with Crippen molar-refractivity contribution < 1.29 is 14.3 Å². The number of hydrogen-bond acceptors (Lipinski definition) is 4. The van der Waals surface area contributed by atoms with Crippen molar-refractivity contribution in [2.75, 3.05) is 11.9 Å². The minimum absolute atomic E-state index is 0.167. The molecule has 1 aromatic heterocycles. The van der Waals surface area contributed by atoms with Crippen LogP contribution >= 0.6 is 0 Å². The number of rotatable bonds is 4. The zero-order valence-corrected chi connectivity index (χ0v) is 14.1. The first-order chi connectivity index (χ1) is 12.0. The van der Waals surface area contributed by atoms with E-state index in [1.807, 2.05) is 30.3 Å². The molecule has 0 spiro atoms. The maximum Gasteiger partial charge on any atom is 0.408 e. The fourth-order valence-electron chi connectivity index (χ4n) is 1.97. The van der Waals surface area contributed by atoms with E-state index in [-0.39, 0.29) is 19.1 Å². The number of alkyl carbamates (subject to hydrolysis) is 1. The van der Waals surface area contributed by atoms with Gasteiger partial charge in [-0.3, -0.25) is 4.79 Å². The number of pyridine rings is 1. The fourth-order valence-corrected chi connectivity index (χ4v) is 1.97. The average Bonchev–Trinajstić information content (AvgIpc) is 2.59. The van der Waals surface area contributed by atoms with Gasteiger partial charge in [0.25, 0.3) is 0 Å². The number of nitrogens with zero attached hydrogens (tertiary/aromatic N) is 1. The zero-order chi connectivity index (χ0) is 18.1. The third kappa shape index (κ3) is 6.36. The van der Waals surface area contributed by atoms with Crippen LogP contribution in [-0.2, 0) is 16.1 Å². The zero-order valence-electron chi connectivity index (χ0n) is 14.1. The molecule has 0 saturated heterocycles. The molecule has 0 unspecified atom stereocenters. The smallest absolute Gasteiger partial charge is 0.408 e. The molecule has 2 amide bonds. The topological polar surface area (TPSA) is 80.3 Å². The number of aryl methyl sites for hydroxylation is 1. The Morgan fingerprint density at radius 1 is 1.16 bits per heavy atom. The van der Waals surface area contributed by atoms with Crippen LogP contribution < -0.4 is 10.6 Å². The molecule has 6 nitrogen and oxygen atoms in total. The van der Waals surface area contributed by atoms with Crippen molar-refractivity contribution in [1.29, 1.82) is 0 Å². The van der Waals surface area contributed by atoms with Crippen molar-refractivity contribution in [2.24, 2.45) is 0 Å². The van der Waals surface area contributed by atoms with Gasteiger partial charge in [0.15, 0.2) is 0 Å². The van der Waals surface area contributed by atoms with Crippen molar-refractivity contribution in [3.63, 3.8) is 0 Å². The highest BCUT2D eigenvalue weighted by Crippen LogP contribution is 2.09. The molecule has 2 N–H and O–H groups in total. The van der Waals surface area contributed by atoms with Gasteiger partial charge in [-0.25, -0.2) is 9.78 Å². The lowest BCUT2D eigenvalue weighted by Gasteiger charge is -2.05. The van der Waals surface area contributed by atoms with Crippen LogP contribution in [-0.4, -0.2) is 23.5 Å². The molecule has 0 fully saturated rings. The second kappa shape index (κ2) is 9.08. The standard InChI is InChI=1S/C19H19N3O3/c1-14-17(10-11-18(21-14)22-15(2)23)9-6-12-20-19(24)25-13-16-7-4-3-5-8-16/h3-5,7-8,10-11H,12-13H2,1-2H3,(H,20,24)(H,21,22,23). The van der Waals surface area contributed by atoms with E-state index in [2.05, 4.69) is 27.5 Å². The Hall–Kier alpha value is -3.33. The molecule has 0 atom stereocenters. The van der Waals surface area contributed by atoms with E-state index in [1.165, 1.54) is 6.92 Å². The number of hydrogen-bond donors (Lipinski definition) is 2. The van der Waals surface area contributed by atoms with Gasteiger partial charge in [-0.15, -0.1) is 0 Å². The van der Waals surface area contributed by atoms with Crippen LogP contribution in [0.5, 0.6) is 0 Å². The highest BCUT2D eigenvalue weighted by atomic mass is 16.5. The second-order valence-electron chi connectivity index (χ2n) is 5.23. The van der Waals surface area contributed by atoms with E-state index >= 15 is 0 Å². The van der Waals surface area contributed by atoms with E-state index in [0.717, 1.165) is 11.1 Å². The summed E-state index contributed by atoms with van der Waals surface area (Å²) in [7, 11) is 0. The fraction of sp³-hybridized carbons (Fsp3) is 0.211. The van der Waals surface area contributed by atoms with Crippen molar-refractivity contribution >= 4 is 17.8 Å². The summed E-state index contributed by atoms with van der Waals surface area (Å²) in [5.74, 6) is 6.08. The van der Waals surface area contributed by atoms with Crippen molar-refractivity contribution in [3.8, 4) is 11.8 Å². The Balaban J connectivity index is 1.80. The number of carbonyl (C=O) groups excluding carboxylic acids is 2. The third-order valence-corrected chi connectivity index (χ3v) is 3.15. The van der Waals surface area contributed by atoms with Crippen molar-refractivity contribution in [1.82, 2.24) is 10.3 Å². The molecule has 2 rings (SSSR count). The average molecular weight is 337 g/mol. The molecule has 6 heteroatoms. The molecule has 0 saturated carbocycles. The van der Waals surface area contributed by atoms with Gasteiger partial charge in [-0.1, -0.05) is 42.2 Å². The number of anilines is 1. The molecule has 0 aliphatic rings. The van der Waals surface area contributed by atoms with Gasteiger partial charge >= 0.3 is 6.09 Å². The molecule has 1 aromatic carbocycles. The first-order valence-electron chi connectivity index (χ1n) is 7.73. The summed E-state index contributed by atoms with van der Waals surface area (Å²) < 4.78 is 5.09. The largest absolute Gasteiger partial charge is 0.445 e. The molecule has 0 aliphatic carbocycles. The number of amides is 2. The van der Waals surface area contributed by atoms with Crippen LogP contribution in [0.25, 0.3) is 0 Å². The van der Waals surface area contributed by atoms with Gasteiger partial charge in [0.1, 0.15) is 12.4 Å². The van der Waals surface area contributed by atoms with Gasteiger partial charge in [-0.05, 0) is 24.6 Å². The van der Waals surface area contributed by atoms with Crippen LogP contribution in [0.1, 0.15) is 23.7 Å². The lowest BCUT2D eigenvalue weighted by atomic mass is 10.2. The molecule has 25 heavy (non-hydrogen) atoms. The SMILES string of the molecule is CC(=O)Nc1ccc(C#CCNC(=O)OCc2ccccc2)c(C)n1. The Kier molecular flexibility index (Phi) is 6.55. The van der Waals surface area contributed by atoms with Crippen LogP contribution in [0, 0.1) is 18.8 Å². The molecule has 128 valence electrons. The maximum absolute atomic E-state index is 11.6. The first kappa shape index (κ1) is 18.0. The van der Waals surface area contributed by atoms with Gasteiger partial charge in [-0.2, -0.15) is 0 Å². The number of benzene rings is 1. The number of ether oxygens (including phenoxy) is 1. The summed E-state index contributed by atoms with van der Waals surface area (Å²) in [6, 6.07) is 12.9. The lowest BCUT2D eigenvalue weighted by Crippen LogP contribution is -2.24. The molecule has 1 heterocycles. The van der Waals surface area contributed by atoms with E-state index in [0.29, 0.717) is 11.5 Å². The first-order valence-corrected chi connectivity index (χ1v) is 7.73.